The van der Waals surface area contributed by atoms with Gasteiger partial charge in [-0.1, -0.05) is 0 Å². The predicted molar refractivity (Wildman–Crippen MR) is 38.3 cm³/mol. The highest BCUT2D eigenvalue weighted by Crippen LogP contribution is 2.05. The highest BCUT2D eigenvalue weighted by molar-refractivity contribution is 6.33. The zero-order valence-electron chi connectivity index (χ0n) is 14.3. The third kappa shape index (κ3) is 2.31. The van der Waals surface area contributed by atoms with Crippen molar-refractivity contribution in [3.63, 3.8) is 0 Å². The maximum Gasteiger partial charge on any atom is 0.373 e. The van der Waals surface area contributed by atoms with Crippen LogP contribution in [0.15, 0.2) is 0 Å². The van der Waals surface area contributed by atoms with Crippen LogP contribution in [-0.2, 0) is 9.59 Å². The van der Waals surface area contributed by atoms with Crippen molar-refractivity contribution in [3.05, 3.63) is 0 Å². The molecule has 1 saturated heterocycles. The Kier molecular flexibility index (Phi) is 0.725. The van der Waals surface area contributed by atoms with E-state index in [-0.39, 0.29) is 4.90 Å². The number of hydrogen-bond acceptors (Lipinski definition) is 3. The van der Waals surface area contributed by atoms with Crippen molar-refractivity contribution in [2.24, 2.45) is 0 Å². The molecule has 0 amide bonds. The maximum atomic E-state index is 11.2. The second-order valence-electron chi connectivity index (χ2n) is 1.64. The molecule has 1 atom stereocenters. The molecule has 1 aliphatic heterocycles. The number of likely N-dealkylation sites (tertiary alicyclic amines) is 1. The summed E-state index contributed by atoms with van der Waals surface area (Å²) in [4.78, 5) is 21.4. The van der Waals surface area contributed by atoms with Crippen LogP contribution >= 0.6 is 0 Å². The van der Waals surface area contributed by atoms with Crippen molar-refractivity contribution in [3.8, 4) is 0 Å². The summed E-state index contributed by atoms with van der Waals surface area (Å²) in [6.07, 6.45) is -6.80. The van der Waals surface area contributed by atoms with Gasteiger partial charge in [-0.3, -0.25) is 9.69 Å². The Balaban J connectivity index is 3.47. The van der Waals surface area contributed by atoms with Gasteiger partial charge in [0.15, 0.2) is 0 Å². The number of carbonyl (C=O) groups is 2. The minimum absolute atomic E-state index is 0.323. The van der Waals surface area contributed by atoms with Gasteiger partial charge in [0.1, 0.15) is 0 Å². The van der Waals surface area contributed by atoms with Gasteiger partial charge in [0.25, 0.3) is 5.78 Å². The molecule has 4 nitrogen and oxygen atoms in total. The second kappa shape index (κ2) is 3.48. The summed E-state index contributed by atoms with van der Waals surface area (Å²) in [5.41, 5.74) is 0. The molecule has 0 aromatic heterocycles. The fraction of sp³-hybridized carbons (Fsp3) is 0.714. The number of Topliss-reactive ketones (excluding diaryl/α,β-unsaturated/α-hetero) is 1. The van der Waals surface area contributed by atoms with Crippen LogP contribution in [0.3, 0.4) is 0 Å². The number of carbonyl (C=O) groups excluding carboxylic acids is 1. The zero-order valence-corrected chi connectivity index (χ0v) is 5.29. The second-order valence-corrected chi connectivity index (χ2v) is 1.64. The molecule has 0 saturated carbocycles. The first kappa shape index (κ1) is 2.29. The van der Waals surface area contributed by atoms with E-state index >= 15 is 0 Å². The molecule has 0 bridgehead atoms. The lowest BCUT2D eigenvalue weighted by Crippen LogP contribution is -2.31. The van der Waals surface area contributed by atoms with Crippen LogP contribution in [0.25, 0.3) is 0 Å². The van der Waals surface area contributed by atoms with Crippen molar-refractivity contribution < 1.29 is 27.0 Å². The van der Waals surface area contributed by atoms with Crippen LogP contribution in [0, 0.1) is 0 Å². The lowest BCUT2D eigenvalue weighted by atomic mass is 10.4. The molecule has 0 aromatic rings. The highest BCUT2D eigenvalue weighted by atomic mass is 16.5. The maximum absolute atomic E-state index is 11.2. The van der Waals surface area contributed by atoms with Crippen molar-refractivity contribution >= 4 is 11.8 Å². The molecule has 11 heavy (non-hydrogen) atoms. The lowest BCUT2D eigenvalue weighted by molar-refractivity contribution is -0.149. The molecule has 0 aromatic carbocycles. The minimum atomic E-state index is -3.40. The molecule has 1 unspecified atom stereocenters. The van der Waals surface area contributed by atoms with Gasteiger partial charge in [0.2, 0.25) is 0 Å². The van der Waals surface area contributed by atoms with Gasteiger partial charge in [-0.25, -0.2) is 4.79 Å². The molecule has 4 heteroatoms. The standard InChI is InChI=1S/C7H11NO3/c9-6(7(10)11)5-8-3-1-2-4-8/h1-5H2,(H,10,11)/i1D2,2D2,3D2,4D2,5D,6+1,7+1. The molecule has 62 valence electrons. The van der Waals surface area contributed by atoms with E-state index in [1.807, 2.05) is 0 Å². The summed E-state index contributed by atoms with van der Waals surface area (Å²) in [5, 5.41) is 8.48. The number of carboxylic acids is 1. The third-order valence-corrected chi connectivity index (χ3v) is 0.872. The van der Waals surface area contributed by atoms with E-state index in [0.29, 0.717) is 0 Å². The Morgan fingerprint density at radius 2 is 2.09 bits per heavy atom. The summed E-state index contributed by atoms with van der Waals surface area (Å²) in [6.45, 7) is -9.40. The lowest BCUT2D eigenvalue weighted by Gasteiger charge is -2.10. The molecular formula is C7H11NO3. The molecule has 0 radical (unpaired) electrons. The normalized spacial score (nSPS) is 51.8. The number of nitrogens with zero attached hydrogens (tertiary/aromatic N) is 1. The quantitative estimate of drug-likeness (QED) is 0.466. The molecule has 1 rings (SSSR count). The van der Waals surface area contributed by atoms with E-state index in [1.54, 1.807) is 0 Å². The Hall–Kier alpha value is -0.900. The summed E-state index contributed by atoms with van der Waals surface area (Å²) >= 11 is 0. The number of rotatable bonds is 3. The number of hydrogen-bond donors (Lipinski definition) is 1. The fourth-order valence-electron chi connectivity index (χ4n) is 0.441. The predicted octanol–water partition coefficient (Wildman–Crippen LogP) is -0.264. The van der Waals surface area contributed by atoms with Crippen LogP contribution < -0.4 is 0 Å². The average molecular weight is 168 g/mol. The summed E-state index contributed by atoms with van der Waals surface area (Å²) in [7, 11) is 0. The molecule has 1 N–H and O–H groups in total. The van der Waals surface area contributed by atoms with Gasteiger partial charge < -0.3 is 5.11 Å². The van der Waals surface area contributed by atoms with Crippen LogP contribution in [0.1, 0.15) is 25.1 Å². The summed E-state index contributed by atoms with van der Waals surface area (Å²) in [5.74, 6) is -4.00. The van der Waals surface area contributed by atoms with E-state index in [1.165, 1.54) is 0 Å². The number of ketones is 1. The first-order valence-electron chi connectivity index (χ1n) is 7.20. The molecule has 0 spiro atoms. The van der Waals surface area contributed by atoms with Gasteiger partial charge in [-0.2, -0.15) is 0 Å². The fourth-order valence-corrected chi connectivity index (χ4v) is 0.441. The first-order valence-corrected chi connectivity index (χ1v) is 2.63. The van der Waals surface area contributed by atoms with Gasteiger partial charge in [0.05, 0.1) is 7.89 Å². The Bertz CT molecular complexity index is 436. The molecule has 1 fully saturated rings. The van der Waals surface area contributed by atoms with Crippen LogP contribution in [0.2, 0.25) is 0 Å². The van der Waals surface area contributed by atoms with E-state index in [2.05, 4.69) is 0 Å². The van der Waals surface area contributed by atoms with E-state index < -0.39 is 44.0 Å². The smallest absolute Gasteiger partial charge is 0.373 e. The largest absolute Gasteiger partial charge is 0.475 e. The van der Waals surface area contributed by atoms with Crippen molar-refractivity contribution in [1.29, 1.82) is 0 Å². The van der Waals surface area contributed by atoms with E-state index in [4.69, 9.17) is 17.4 Å². The first-order chi connectivity index (χ1) is 8.64. The van der Waals surface area contributed by atoms with Gasteiger partial charge in [-0.05, 0) is 25.7 Å². The number of carboxylic acid groups (broad SMARTS) is 1. The van der Waals surface area contributed by atoms with Gasteiger partial charge in [0, 0.05) is 11.0 Å². The summed E-state index contributed by atoms with van der Waals surface area (Å²) < 4.78 is 67.0. The molecular weight excluding hydrogens is 148 g/mol. The Morgan fingerprint density at radius 1 is 1.55 bits per heavy atom. The minimum Gasteiger partial charge on any atom is -0.475 e. The summed E-state index contributed by atoms with van der Waals surface area (Å²) in [6, 6.07) is 0. The van der Waals surface area contributed by atoms with Crippen LogP contribution in [-0.4, -0.2) is 41.3 Å². The van der Waals surface area contributed by atoms with Gasteiger partial charge in [-0.15, -0.1) is 0 Å². The van der Waals surface area contributed by atoms with Crippen LogP contribution in [0.4, 0.5) is 0 Å². The highest BCUT2D eigenvalue weighted by Gasteiger charge is 2.18. The SMILES string of the molecule is [2H]C([13C](=O)[13C](=O)O)N1C([2H])([2H])C([2H])([2H])C([2H])([2H])C1([2H])[2H]. The molecule has 1 aliphatic rings. The third-order valence-electron chi connectivity index (χ3n) is 0.872. The topological polar surface area (TPSA) is 57.6 Å². The number of aliphatic carboxylic acids is 1. The monoisotopic (exact) mass is 168 g/mol. The van der Waals surface area contributed by atoms with E-state index in [9.17, 15) is 9.59 Å². The molecule has 1 heterocycles. The zero-order chi connectivity index (χ0) is 16.3. The van der Waals surface area contributed by atoms with Gasteiger partial charge >= 0.3 is 5.97 Å². The molecule has 0 aliphatic carbocycles. The van der Waals surface area contributed by atoms with Crippen LogP contribution in [0.5, 0.6) is 0 Å². The Morgan fingerprint density at radius 3 is 2.55 bits per heavy atom. The average Bonchev–Trinajstić information content (AvgIpc) is 2.31. The van der Waals surface area contributed by atoms with Crippen molar-refractivity contribution in [2.45, 2.75) is 12.7 Å². The van der Waals surface area contributed by atoms with Crippen molar-refractivity contribution in [1.82, 2.24) is 4.90 Å². The Labute approximate surface area is 77.4 Å². The van der Waals surface area contributed by atoms with E-state index in [0.717, 1.165) is 0 Å². The van der Waals surface area contributed by atoms with Crippen molar-refractivity contribution in [2.75, 3.05) is 19.5 Å².